The normalized spacial score (nSPS) is 11.6. The average molecular weight is 252 g/mol. The summed E-state index contributed by atoms with van der Waals surface area (Å²) in [5, 5.41) is 0.864. The van der Waals surface area contributed by atoms with Crippen LogP contribution in [0.3, 0.4) is 0 Å². The number of aromatic nitrogens is 1. The second kappa shape index (κ2) is 3.96. The van der Waals surface area contributed by atoms with E-state index in [2.05, 4.69) is 27.0 Å². The van der Waals surface area contributed by atoms with E-state index in [9.17, 15) is 0 Å². The van der Waals surface area contributed by atoms with E-state index in [1.165, 1.54) is 0 Å². The number of nitrogens with zero attached hydrogens (tertiary/aromatic N) is 1. The maximum absolute atomic E-state index is 5.38. The van der Waals surface area contributed by atoms with Crippen molar-refractivity contribution in [1.82, 2.24) is 4.98 Å². The summed E-state index contributed by atoms with van der Waals surface area (Å²) in [6, 6.07) is 5.99. The Morgan fingerprint density at radius 1 is 1.50 bits per heavy atom. The largest absolute Gasteiger partial charge is 0.441 e. The molecular formula is C11H10BrNO. The molecule has 2 rings (SSSR count). The Morgan fingerprint density at radius 3 is 3.14 bits per heavy atom. The molecule has 1 aromatic heterocycles. The van der Waals surface area contributed by atoms with Crippen LogP contribution < -0.4 is 0 Å². The number of benzene rings is 1. The summed E-state index contributed by atoms with van der Waals surface area (Å²) in [5.74, 6) is 0.710. The van der Waals surface area contributed by atoms with Gasteiger partial charge in [0.2, 0.25) is 0 Å². The molecule has 1 heterocycles. The fraction of sp³-hybridized carbons (Fsp3) is 0.182. The van der Waals surface area contributed by atoms with Gasteiger partial charge in [-0.1, -0.05) is 34.1 Å². The van der Waals surface area contributed by atoms with Crippen molar-refractivity contribution in [1.29, 1.82) is 0 Å². The third kappa shape index (κ3) is 1.87. The van der Waals surface area contributed by atoms with Crippen molar-refractivity contribution in [2.24, 2.45) is 0 Å². The smallest absolute Gasteiger partial charge is 0.192 e. The lowest BCUT2D eigenvalue weighted by Gasteiger charge is -1.91. The van der Waals surface area contributed by atoms with Gasteiger partial charge in [-0.3, -0.25) is 0 Å². The first-order valence-electron chi connectivity index (χ1n) is 4.39. The van der Waals surface area contributed by atoms with Gasteiger partial charge < -0.3 is 4.42 Å². The Morgan fingerprint density at radius 2 is 2.36 bits per heavy atom. The number of alkyl halides is 1. The van der Waals surface area contributed by atoms with E-state index >= 15 is 0 Å². The van der Waals surface area contributed by atoms with Gasteiger partial charge in [0.1, 0.15) is 5.52 Å². The lowest BCUT2D eigenvalue weighted by Crippen LogP contribution is -1.73. The molecule has 72 valence electrons. The van der Waals surface area contributed by atoms with Gasteiger partial charge in [-0.2, -0.15) is 0 Å². The topological polar surface area (TPSA) is 26.0 Å². The first-order valence-corrected chi connectivity index (χ1v) is 5.51. The van der Waals surface area contributed by atoms with Crippen LogP contribution >= 0.6 is 15.9 Å². The SMILES string of the molecule is Cc1nc2cc(C=CCBr)ccc2o1. The molecule has 14 heavy (non-hydrogen) atoms. The molecule has 0 unspecified atom stereocenters. The molecule has 0 N–H and O–H groups in total. The Kier molecular flexibility index (Phi) is 2.68. The predicted molar refractivity (Wildman–Crippen MR) is 61.6 cm³/mol. The second-order valence-electron chi connectivity index (χ2n) is 3.02. The molecule has 0 saturated heterocycles. The molecule has 0 spiro atoms. The van der Waals surface area contributed by atoms with Crippen molar-refractivity contribution in [3.05, 3.63) is 35.7 Å². The summed E-state index contributed by atoms with van der Waals surface area (Å²) >= 11 is 3.34. The van der Waals surface area contributed by atoms with Gasteiger partial charge in [0.05, 0.1) is 0 Å². The number of aryl methyl sites for hydroxylation is 1. The van der Waals surface area contributed by atoms with Gasteiger partial charge >= 0.3 is 0 Å². The molecular weight excluding hydrogens is 242 g/mol. The summed E-state index contributed by atoms with van der Waals surface area (Å²) in [4.78, 5) is 4.27. The molecule has 0 radical (unpaired) electrons. The van der Waals surface area contributed by atoms with Crippen LogP contribution in [0.4, 0.5) is 0 Å². The zero-order valence-corrected chi connectivity index (χ0v) is 9.41. The van der Waals surface area contributed by atoms with Gasteiger partial charge in [-0.05, 0) is 17.7 Å². The number of allylic oxidation sites excluding steroid dienone is 1. The van der Waals surface area contributed by atoms with Crippen LogP contribution in [0.25, 0.3) is 17.2 Å². The molecule has 2 nitrogen and oxygen atoms in total. The van der Waals surface area contributed by atoms with E-state index in [-0.39, 0.29) is 0 Å². The highest BCUT2D eigenvalue weighted by molar-refractivity contribution is 9.09. The maximum atomic E-state index is 5.38. The van der Waals surface area contributed by atoms with Crippen LogP contribution in [0.1, 0.15) is 11.5 Å². The van der Waals surface area contributed by atoms with Gasteiger partial charge in [-0.25, -0.2) is 4.98 Å². The molecule has 0 bridgehead atoms. The van der Waals surface area contributed by atoms with Crippen LogP contribution in [-0.4, -0.2) is 10.3 Å². The van der Waals surface area contributed by atoms with Crippen LogP contribution in [0.15, 0.2) is 28.7 Å². The number of rotatable bonds is 2. The van der Waals surface area contributed by atoms with E-state index in [0.29, 0.717) is 5.89 Å². The summed E-state index contributed by atoms with van der Waals surface area (Å²) in [7, 11) is 0. The fourth-order valence-electron chi connectivity index (χ4n) is 1.34. The summed E-state index contributed by atoms with van der Waals surface area (Å²) in [6.07, 6.45) is 4.10. The quantitative estimate of drug-likeness (QED) is 0.764. The second-order valence-corrected chi connectivity index (χ2v) is 3.66. The van der Waals surface area contributed by atoms with Crippen LogP contribution in [0.5, 0.6) is 0 Å². The Labute approximate surface area is 90.8 Å². The van der Waals surface area contributed by atoms with Crippen molar-refractivity contribution < 1.29 is 4.42 Å². The van der Waals surface area contributed by atoms with Crippen molar-refractivity contribution in [2.75, 3.05) is 5.33 Å². The van der Waals surface area contributed by atoms with Gasteiger partial charge in [-0.15, -0.1) is 0 Å². The zero-order chi connectivity index (χ0) is 9.97. The average Bonchev–Trinajstić information content (AvgIpc) is 2.54. The van der Waals surface area contributed by atoms with E-state index in [1.54, 1.807) is 0 Å². The van der Waals surface area contributed by atoms with Crippen LogP contribution in [0, 0.1) is 6.92 Å². The third-order valence-corrected chi connectivity index (χ3v) is 2.29. The predicted octanol–water partition coefficient (Wildman–Crippen LogP) is 3.54. The number of oxazole rings is 1. The highest BCUT2D eigenvalue weighted by Gasteiger charge is 2.00. The van der Waals surface area contributed by atoms with Crippen LogP contribution in [-0.2, 0) is 0 Å². The minimum atomic E-state index is 0.710. The van der Waals surface area contributed by atoms with E-state index in [1.807, 2.05) is 31.2 Å². The van der Waals surface area contributed by atoms with Crippen molar-refractivity contribution in [3.8, 4) is 0 Å². The summed E-state index contributed by atoms with van der Waals surface area (Å²) in [6.45, 7) is 1.86. The summed E-state index contributed by atoms with van der Waals surface area (Å²) < 4.78 is 5.38. The third-order valence-electron chi connectivity index (χ3n) is 1.92. The summed E-state index contributed by atoms with van der Waals surface area (Å²) in [5.41, 5.74) is 2.91. The number of hydrogen-bond donors (Lipinski definition) is 0. The number of halogens is 1. The first kappa shape index (κ1) is 9.46. The lowest BCUT2D eigenvalue weighted by molar-refractivity contribution is 0.561. The van der Waals surface area contributed by atoms with Crippen molar-refractivity contribution in [3.63, 3.8) is 0 Å². The molecule has 0 aliphatic carbocycles. The number of hydrogen-bond acceptors (Lipinski definition) is 2. The molecule has 0 atom stereocenters. The van der Waals surface area contributed by atoms with E-state index in [0.717, 1.165) is 22.0 Å². The van der Waals surface area contributed by atoms with Crippen molar-refractivity contribution >= 4 is 33.1 Å². The van der Waals surface area contributed by atoms with Gasteiger partial charge in [0, 0.05) is 12.3 Å². The molecule has 2 aromatic rings. The zero-order valence-electron chi connectivity index (χ0n) is 7.83. The lowest BCUT2D eigenvalue weighted by atomic mass is 10.2. The molecule has 0 aliphatic rings. The minimum Gasteiger partial charge on any atom is -0.441 e. The molecule has 1 aromatic carbocycles. The molecule has 3 heteroatoms. The molecule has 0 saturated carbocycles. The van der Waals surface area contributed by atoms with Crippen molar-refractivity contribution in [2.45, 2.75) is 6.92 Å². The Hall–Kier alpha value is -1.09. The van der Waals surface area contributed by atoms with Crippen LogP contribution in [0.2, 0.25) is 0 Å². The fourth-order valence-corrected chi connectivity index (χ4v) is 1.53. The monoisotopic (exact) mass is 251 g/mol. The van der Waals surface area contributed by atoms with Gasteiger partial charge in [0.25, 0.3) is 0 Å². The highest BCUT2D eigenvalue weighted by atomic mass is 79.9. The molecule has 0 fully saturated rings. The van der Waals surface area contributed by atoms with E-state index in [4.69, 9.17) is 4.42 Å². The first-order chi connectivity index (χ1) is 6.79. The van der Waals surface area contributed by atoms with E-state index < -0.39 is 0 Å². The highest BCUT2D eigenvalue weighted by Crippen LogP contribution is 2.17. The molecule has 0 amide bonds. The standard InChI is InChI=1S/C11H10BrNO/c1-8-13-10-7-9(3-2-6-12)4-5-11(10)14-8/h2-5,7H,6H2,1H3. The maximum Gasteiger partial charge on any atom is 0.192 e. The Balaban J connectivity index is 2.45. The Bertz CT molecular complexity index is 473. The molecule has 0 aliphatic heterocycles. The van der Waals surface area contributed by atoms with Gasteiger partial charge in [0.15, 0.2) is 11.5 Å². The number of fused-ring (bicyclic) bond motifs is 1. The minimum absolute atomic E-state index is 0.710.